The molecule has 114 valence electrons. The summed E-state index contributed by atoms with van der Waals surface area (Å²) >= 11 is 3.40. The number of hydrogen-bond acceptors (Lipinski definition) is 2. The normalized spacial score (nSPS) is 14.9. The Morgan fingerprint density at radius 3 is 2.62 bits per heavy atom. The molecule has 0 unspecified atom stereocenters. The lowest BCUT2D eigenvalue weighted by atomic mass is 10.1. The molecule has 1 saturated heterocycles. The molecule has 0 spiro atoms. The van der Waals surface area contributed by atoms with Gasteiger partial charge in [0.2, 0.25) is 5.91 Å². The van der Waals surface area contributed by atoms with Crippen molar-refractivity contribution in [1.82, 2.24) is 10.2 Å². The van der Waals surface area contributed by atoms with Gasteiger partial charge in [-0.2, -0.15) is 0 Å². The number of nitrogens with zero attached hydrogens (tertiary/aromatic N) is 1. The van der Waals surface area contributed by atoms with Gasteiger partial charge in [0, 0.05) is 30.5 Å². The average Bonchev–Trinajstić information content (AvgIpc) is 2.47. The third kappa shape index (κ3) is 4.56. The summed E-state index contributed by atoms with van der Waals surface area (Å²) in [6, 6.07) is 5.60. The first-order chi connectivity index (χ1) is 10.1. The molecular formula is C16H21BrN2O2. The number of hydrogen-bond donors (Lipinski definition) is 1. The predicted octanol–water partition coefficient (Wildman–Crippen LogP) is 2.89. The third-order valence-electron chi connectivity index (χ3n) is 3.70. The van der Waals surface area contributed by atoms with Crippen molar-refractivity contribution >= 4 is 27.7 Å². The van der Waals surface area contributed by atoms with Crippen molar-refractivity contribution in [2.24, 2.45) is 0 Å². The van der Waals surface area contributed by atoms with Gasteiger partial charge in [-0.15, -0.1) is 0 Å². The summed E-state index contributed by atoms with van der Waals surface area (Å²) in [6.07, 6.45) is 3.76. The maximum Gasteiger partial charge on any atom is 0.252 e. The van der Waals surface area contributed by atoms with Crippen LogP contribution in [0.25, 0.3) is 0 Å². The molecule has 1 aromatic carbocycles. The summed E-state index contributed by atoms with van der Waals surface area (Å²) in [5, 5.41) is 2.81. The third-order valence-corrected chi connectivity index (χ3v) is 4.36. The zero-order valence-electron chi connectivity index (χ0n) is 12.3. The van der Waals surface area contributed by atoms with Gasteiger partial charge in [-0.05, 0) is 59.8 Å². The fraction of sp³-hybridized carbons (Fsp3) is 0.500. The summed E-state index contributed by atoms with van der Waals surface area (Å²) in [6.45, 7) is 4.07. The molecule has 1 aliphatic rings. The number of carbonyl (C=O) groups excluding carboxylic acids is 2. The SMILES string of the molecule is Cc1ccc(C(=O)NCCC(=O)N2CCCCC2)c(Br)c1. The average molecular weight is 353 g/mol. The number of piperidine rings is 1. The van der Waals surface area contributed by atoms with Crippen LogP contribution in [-0.4, -0.2) is 36.3 Å². The Morgan fingerprint density at radius 1 is 1.24 bits per heavy atom. The molecule has 1 aliphatic heterocycles. The number of benzene rings is 1. The van der Waals surface area contributed by atoms with Gasteiger partial charge in [0.15, 0.2) is 0 Å². The van der Waals surface area contributed by atoms with E-state index in [0.717, 1.165) is 36.0 Å². The second-order valence-corrected chi connectivity index (χ2v) is 6.28. The number of halogens is 1. The molecule has 0 atom stereocenters. The van der Waals surface area contributed by atoms with Crippen LogP contribution >= 0.6 is 15.9 Å². The van der Waals surface area contributed by atoms with E-state index in [4.69, 9.17) is 0 Å². The van der Waals surface area contributed by atoms with Gasteiger partial charge in [0.05, 0.1) is 5.56 Å². The van der Waals surface area contributed by atoms with E-state index in [0.29, 0.717) is 18.5 Å². The van der Waals surface area contributed by atoms with Crippen molar-refractivity contribution < 1.29 is 9.59 Å². The lowest BCUT2D eigenvalue weighted by Gasteiger charge is -2.26. The van der Waals surface area contributed by atoms with Crippen LogP contribution in [-0.2, 0) is 4.79 Å². The Bertz CT molecular complexity index is 525. The van der Waals surface area contributed by atoms with Gasteiger partial charge < -0.3 is 10.2 Å². The Hall–Kier alpha value is -1.36. The van der Waals surface area contributed by atoms with Crippen molar-refractivity contribution in [3.63, 3.8) is 0 Å². The first-order valence-electron chi connectivity index (χ1n) is 7.40. The van der Waals surface area contributed by atoms with Crippen LogP contribution in [0.5, 0.6) is 0 Å². The predicted molar refractivity (Wildman–Crippen MR) is 86.3 cm³/mol. The molecule has 5 heteroatoms. The van der Waals surface area contributed by atoms with Crippen LogP contribution in [0.3, 0.4) is 0 Å². The van der Waals surface area contributed by atoms with E-state index in [1.54, 1.807) is 6.07 Å². The molecule has 0 radical (unpaired) electrons. The van der Waals surface area contributed by atoms with Crippen LogP contribution in [0, 0.1) is 6.92 Å². The second kappa shape index (κ2) is 7.59. The molecule has 1 heterocycles. The van der Waals surface area contributed by atoms with Crippen LogP contribution in [0.1, 0.15) is 41.6 Å². The van der Waals surface area contributed by atoms with Gasteiger partial charge in [-0.3, -0.25) is 9.59 Å². The maximum absolute atomic E-state index is 12.1. The molecule has 4 nitrogen and oxygen atoms in total. The molecule has 1 aromatic rings. The summed E-state index contributed by atoms with van der Waals surface area (Å²) in [7, 11) is 0. The standard InChI is InChI=1S/C16H21BrN2O2/c1-12-5-6-13(14(17)11-12)16(21)18-8-7-15(20)19-9-3-2-4-10-19/h5-6,11H,2-4,7-10H2,1H3,(H,18,21). The number of nitrogens with one attached hydrogen (secondary N) is 1. The van der Waals surface area contributed by atoms with E-state index in [2.05, 4.69) is 21.2 Å². The van der Waals surface area contributed by atoms with Crippen molar-refractivity contribution in [3.05, 3.63) is 33.8 Å². The lowest BCUT2D eigenvalue weighted by molar-refractivity contribution is -0.131. The number of aryl methyl sites for hydroxylation is 1. The fourth-order valence-corrected chi connectivity index (χ4v) is 3.16. The second-order valence-electron chi connectivity index (χ2n) is 5.43. The number of rotatable bonds is 4. The highest BCUT2D eigenvalue weighted by molar-refractivity contribution is 9.10. The summed E-state index contributed by atoms with van der Waals surface area (Å²) in [4.78, 5) is 26.0. The highest BCUT2D eigenvalue weighted by atomic mass is 79.9. The van der Waals surface area contributed by atoms with E-state index in [9.17, 15) is 9.59 Å². The molecule has 2 amide bonds. The first kappa shape index (κ1) is 16.0. The highest BCUT2D eigenvalue weighted by Gasteiger charge is 2.16. The Labute approximate surface area is 134 Å². The lowest BCUT2D eigenvalue weighted by Crippen LogP contribution is -2.37. The van der Waals surface area contributed by atoms with Crippen molar-refractivity contribution in [3.8, 4) is 0 Å². The van der Waals surface area contributed by atoms with Crippen molar-refractivity contribution in [1.29, 1.82) is 0 Å². The highest BCUT2D eigenvalue weighted by Crippen LogP contribution is 2.18. The number of likely N-dealkylation sites (tertiary alicyclic amines) is 1. The first-order valence-corrected chi connectivity index (χ1v) is 8.19. The fourth-order valence-electron chi connectivity index (χ4n) is 2.48. The van der Waals surface area contributed by atoms with E-state index >= 15 is 0 Å². The quantitative estimate of drug-likeness (QED) is 0.905. The van der Waals surface area contributed by atoms with Crippen molar-refractivity contribution in [2.45, 2.75) is 32.6 Å². The zero-order valence-corrected chi connectivity index (χ0v) is 13.9. The molecule has 0 saturated carbocycles. The number of amides is 2. The minimum atomic E-state index is -0.145. The topological polar surface area (TPSA) is 49.4 Å². The molecule has 1 N–H and O–H groups in total. The Morgan fingerprint density at radius 2 is 1.95 bits per heavy atom. The minimum Gasteiger partial charge on any atom is -0.351 e. The minimum absolute atomic E-state index is 0.137. The maximum atomic E-state index is 12.1. The van der Waals surface area contributed by atoms with Gasteiger partial charge in [-0.25, -0.2) is 0 Å². The number of carbonyl (C=O) groups is 2. The van der Waals surface area contributed by atoms with E-state index in [-0.39, 0.29) is 11.8 Å². The smallest absolute Gasteiger partial charge is 0.252 e. The molecule has 21 heavy (non-hydrogen) atoms. The molecule has 0 bridgehead atoms. The van der Waals surface area contributed by atoms with Crippen LogP contribution in [0.4, 0.5) is 0 Å². The van der Waals surface area contributed by atoms with Gasteiger partial charge in [0.1, 0.15) is 0 Å². The van der Waals surface area contributed by atoms with Crippen LogP contribution < -0.4 is 5.32 Å². The Kier molecular flexibility index (Phi) is 5.79. The molecular weight excluding hydrogens is 332 g/mol. The largest absolute Gasteiger partial charge is 0.351 e. The molecule has 1 fully saturated rings. The Balaban J connectivity index is 1.79. The summed E-state index contributed by atoms with van der Waals surface area (Å²) in [5.41, 5.74) is 1.70. The zero-order chi connectivity index (χ0) is 15.2. The molecule has 0 aliphatic carbocycles. The monoisotopic (exact) mass is 352 g/mol. The summed E-state index contributed by atoms with van der Waals surface area (Å²) in [5.74, 6) is -0.00806. The van der Waals surface area contributed by atoms with Gasteiger partial charge in [-0.1, -0.05) is 6.07 Å². The van der Waals surface area contributed by atoms with E-state index in [1.807, 2.05) is 24.0 Å². The van der Waals surface area contributed by atoms with Crippen LogP contribution in [0.2, 0.25) is 0 Å². The van der Waals surface area contributed by atoms with Crippen molar-refractivity contribution in [2.75, 3.05) is 19.6 Å². The van der Waals surface area contributed by atoms with Gasteiger partial charge >= 0.3 is 0 Å². The molecule has 0 aromatic heterocycles. The molecule has 2 rings (SSSR count). The summed E-state index contributed by atoms with van der Waals surface area (Å²) < 4.78 is 0.780. The van der Waals surface area contributed by atoms with E-state index in [1.165, 1.54) is 6.42 Å². The van der Waals surface area contributed by atoms with E-state index < -0.39 is 0 Å². The van der Waals surface area contributed by atoms with Gasteiger partial charge in [0.25, 0.3) is 5.91 Å². The van der Waals surface area contributed by atoms with Crippen LogP contribution in [0.15, 0.2) is 22.7 Å².